The lowest BCUT2D eigenvalue weighted by molar-refractivity contribution is -0.288. The van der Waals surface area contributed by atoms with E-state index in [0.29, 0.717) is 10.6 Å². The van der Waals surface area contributed by atoms with Gasteiger partial charge < -0.3 is 28.4 Å². The molecule has 0 fully saturated rings. The van der Waals surface area contributed by atoms with Gasteiger partial charge in [-0.3, -0.25) is 0 Å². The van der Waals surface area contributed by atoms with Gasteiger partial charge >= 0.3 is 12.6 Å². The molecule has 12 heteroatoms. The minimum atomic E-state index is -4.11. The van der Waals surface area contributed by atoms with Gasteiger partial charge in [0.25, 0.3) is 0 Å². The lowest BCUT2D eigenvalue weighted by atomic mass is 10.0. The van der Waals surface area contributed by atoms with E-state index in [9.17, 15) is 0 Å². The molecule has 0 radical (unpaired) electrons. The molecule has 0 saturated carbocycles. The summed E-state index contributed by atoms with van der Waals surface area (Å²) in [6.45, 7) is 0. The summed E-state index contributed by atoms with van der Waals surface area (Å²) in [6.07, 6.45) is -8.21. The van der Waals surface area contributed by atoms with Gasteiger partial charge in [-0.15, -0.1) is 17.6 Å². The van der Waals surface area contributed by atoms with E-state index in [0.717, 1.165) is 21.2 Å². The molecule has 8 rings (SSSR count). The number of halogens is 4. The van der Waals surface area contributed by atoms with Crippen LogP contribution in [0.25, 0.3) is 11.1 Å². The lowest BCUT2D eigenvalue weighted by Crippen LogP contribution is -2.28. The van der Waals surface area contributed by atoms with Crippen LogP contribution in [0.1, 0.15) is 0 Å². The predicted octanol–water partition coefficient (Wildman–Crippen LogP) is 7.53. The van der Waals surface area contributed by atoms with E-state index in [2.05, 4.69) is 0 Å². The molecule has 0 unspecified atom stereocenters. The summed E-state index contributed by atoms with van der Waals surface area (Å²) in [5.74, 6) is -1.58. The van der Waals surface area contributed by atoms with Crippen LogP contribution < -0.4 is 60.2 Å². The van der Waals surface area contributed by atoms with E-state index in [1.807, 2.05) is 121 Å². The van der Waals surface area contributed by atoms with Crippen LogP contribution in [-0.2, 0) is 0 Å². The topological polar surface area (TPSA) is 55.4 Å². The van der Waals surface area contributed by atoms with E-state index in [-0.39, 0.29) is 45.6 Å². The third-order valence-corrected chi connectivity index (χ3v) is 13.4. The Bertz CT molecular complexity index is 2010. The van der Waals surface area contributed by atoms with Crippen LogP contribution in [0.5, 0.6) is 34.5 Å². The normalized spacial score (nSPS) is 14.8. The zero-order chi connectivity index (χ0) is 36.0. The molecule has 262 valence electrons. The van der Waals surface area contributed by atoms with Gasteiger partial charge in [-0.1, -0.05) is 121 Å². The standard InChI is InChI=1S/C40H28F4O6P2/c1-45-29-23-31(51(25-15-7-3-8-16-25)26-17-9-4-10-18-26)33(37-35(29)47-39(41,42)49-37)34-32(24-30(46-2)36-38(34)50-40(43,44)48-36)52(27-19-11-5-12-20-27)28-21-13-6-14-22-28/h3-24H,1-2H3. The fourth-order valence-corrected chi connectivity index (χ4v) is 11.4. The molecule has 0 amide bonds. The molecule has 0 atom stereocenters. The van der Waals surface area contributed by atoms with Crippen molar-refractivity contribution in [1.82, 2.24) is 0 Å². The SMILES string of the molecule is COc1cc(P(c2ccccc2)c2ccccc2)c(-c2c(P(c3ccccc3)c3ccccc3)cc(OC)c3c2OC(F)(F)O3)c2c1OC(F)(F)O2. The first-order chi connectivity index (χ1) is 25.2. The fourth-order valence-electron chi connectivity index (χ4n) is 6.41. The summed E-state index contributed by atoms with van der Waals surface area (Å²) in [4.78, 5) is 0. The molecule has 0 saturated heterocycles. The Labute approximate surface area is 299 Å². The Kier molecular flexibility index (Phi) is 8.68. The molecule has 2 aliphatic rings. The predicted molar refractivity (Wildman–Crippen MR) is 195 cm³/mol. The maximum Gasteiger partial charge on any atom is 0.586 e. The van der Waals surface area contributed by atoms with Crippen molar-refractivity contribution < 1.29 is 46.0 Å². The second-order valence-corrected chi connectivity index (χ2v) is 16.0. The Morgan fingerprint density at radius 3 is 0.962 bits per heavy atom. The van der Waals surface area contributed by atoms with Crippen molar-refractivity contribution in [2.45, 2.75) is 12.6 Å². The third kappa shape index (κ3) is 6.06. The summed E-state index contributed by atoms with van der Waals surface area (Å²) in [5.41, 5.74) is 0.141. The molecule has 0 N–H and O–H groups in total. The zero-order valence-corrected chi connectivity index (χ0v) is 29.3. The number of hydrogen-bond donors (Lipinski definition) is 0. The minimum Gasteiger partial charge on any atom is -0.493 e. The van der Waals surface area contributed by atoms with Gasteiger partial charge in [0.05, 0.1) is 14.2 Å². The van der Waals surface area contributed by atoms with Crippen LogP contribution in [0.3, 0.4) is 0 Å². The van der Waals surface area contributed by atoms with Crippen LogP contribution in [0.4, 0.5) is 17.6 Å². The van der Waals surface area contributed by atoms with Crippen LogP contribution in [0.2, 0.25) is 0 Å². The summed E-state index contributed by atoms with van der Waals surface area (Å²) in [6, 6.07) is 41.2. The summed E-state index contributed by atoms with van der Waals surface area (Å²) in [5, 5.41) is 4.32. The summed E-state index contributed by atoms with van der Waals surface area (Å²) in [7, 11) is -0.525. The van der Waals surface area contributed by atoms with Gasteiger partial charge in [-0.25, -0.2) is 0 Å². The fraction of sp³-hybridized carbons (Fsp3) is 0.100. The smallest absolute Gasteiger partial charge is 0.493 e. The Balaban J connectivity index is 1.56. The second-order valence-electron chi connectivity index (χ2n) is 11.6. The minimum absolute atomic E-state index is 0.0205. The van der Waals surface area contributed by atoms with Gasteiger partial charge in [0.15, 0.2) is 23.0 Å². The Hall–Kier alpha value is -5.30. The van der Waals surface area contributed by atoms with Crippen LogP contribution in [0.15, 0.2) is 133 Å². The van der Waals surface area contributed by atoms with E-state index in [1.165, 1.54) is 14.2 Å². The highest BCUT2D eigenvalue weighted by atomic mass is 31.1. The number of benzene rings is 6. The lowest BCUT2D eigenvalue weighted by Gasteiger charge is -2.28. The number of ether oxygens (including phenoxy) is 6. The average Bonchev–Trinajstić information content (AvgIpc) is 3.67. The van der Waals surface area contributed by atoms with Crippen molar-refractivity contribution in [3.05, 3.63) is 133 Å². The molecule has 0 aromatic heterocycles. The van der Waals surface area contributed by atoms with Crippen molar-refractivity contribution in [2.75, 3.05) is 14.2 Å². The molecule has 2 heterocycles. The third-order valence-electron chi connectivity index (χ3n) is 8.47. The van der Waals surface area contributed by atoms with Crippen LogP contribution in [0, 0.1) is 0 Å². The highest BCUT2D eigenvalue weighted by molar-refractivity contribution is 7.80. The van der Waals surface area contributed by atoms with Crippen LogP contribution in [-0.4, -0.2) is 26.8 Å². The molecule has 6 nitrogen and oxygen atoms in total. The Morgan fingerprint density at radius 1 is 0.423 bits per heavy atom. The monoisotopic (exact) mass is 742 g/mol. The quantitative estimate of drug-likeness (QED) is 0.113. The van der Waals surface area contributed by atoms with Gasteiger partial charge in [0.2, 0.25) is 11.5 Å². The molecule has 2 aliphatic heterocycles. The average molecular weight is 743 g/mol. The molecular formula is C40H28F4O6P2. The van der Waals surface area contributed by atoms with E-state index < -0.39 is 28.4 Å². The van der Waals surface area contributed by atoms with Gasteiger partial charge in [-0.05, 0) is 49.2 Å². The number of methoxy groups -OCH3 is 2. The van der Waals surface area contributed by atoms with E-state index >= 15 is 17.6 Å². The van der Waals surface area contributed by atoms with Gasteiger partial charge in [0, 0.05) is 21.7 Å². The molecule has 52 heavy (non-hydrogen) atoms. The van der Waals surface area contributed by atoms with Gasteiger partial charge in [0.1, 0.15) is 0 Å². The number of fused-ring (bicyclic) bond motifs is 2. The molecule has 0 aliphatic carbocycles. The second kappa shape index (κ2) is 13.4. The molecule has 6 aromatic carbocycles. The number of alkyl halides is 4. The van der Waals surface area contributed by atoms with Crippen molar-refractivity contribution in [3.8, 4) is 45.6 Å². The highest BCUT2D eigenvalue weighted by Crippen LogP contribution is 2.60. The summed E-state index contributed by atoms with van der Waals surface area (Å²) < 4.78 is 93.6. The first-order valence-corrected chi connectivity index (χ1v) is 18.7. The van der Waals surface area contributed by atoms with Crippen molar-refractivity contribution in [2.24, 2.45) is 0 Å². The maximum absolute atomic E-state index is 15.3. The first-order valence-electron chi connectivity index (χ1n) is 16.0. The molecule has 0 spiro atoms. The maximum atomic E-state index is 15.3. The van der Waals surface area contributed by atoms with Crippen LogP contribution >= 0.6 is 15.8 Å². The zero-order valence-electron chi connectivity index (χ0n) is 27.6. The number of rotatable bonds is 9. The Morgan fingerprint density at radius 2 is 0.692 bits per heavy atom. The largest absolute Gasteiger partial charge is 0.586 e. The number of hydrogen-bond acceptors (Lipinski definition) is 6. The van der Waals surface area contributed by atoms with Crippen molar-refractivity contribution >= 4 is 47.7 Å². The van der Waals surface area contributed by atoms with Gasteiger partial charge in [-0.2, -0.15) is 0 Å². The molecule has 6 aromatic rings. The van der Waals surface area contributed by atoms with E-state index in [4.69, 9.17) is 28.4 Å². The highest BCUT2D eigenvalue weighted by Gasteiger charge is 2.52. The van der Waals surface area contributed by atoms with Crippen molar-refractivity contribution in [3.63, 3.8) is 0 Å². The molecule has 0 bridgehead atoms. The van der Waals surface area contributed by atoms with E-state index in [1.54, 1.807) is 12.1 Å². The molecular weight excluding hydrogens is 714 g/mol. The summed E-state index contributed by atoms with van der Waals surface area (Å²) >= 11 is 0. The van der Waals surface area contributed by atoms with Crippen molar-refractivity contribution in [1.29, 1.82) is 0 Å². The first kappa shape index (κ1) is 33.8.